The van der Waals surface area contributed by atoms with Crippen LogP contribution in [-0.4, -0.2) is 15.6 Å². The van der Waals surface area contributed by atoms with Crippen molar-refractivity contribution in [2.24, 2.45) is 16.8 Å². The summed E-state index contributed by atoms with van der Waals surface area (Å²) in [6, 6.07) is 0. The summed E-state index contributed by atoms with van der Waals surface area (Å²) >= 11 is 11.4. The standard InChI is InChI=1S/C11H14ClNS/c12-10-2-8-1-9(3-10)5-11(4-8,6-10)13-7-14/h8-9H,1-6H2. The molecule has 0 heterocycles. The van der Waals surface area contributed by atoms with Crippen LogP contribution in [0.4, 0.5) is 0 Å². The van der Waals surface area contributed by atoms with Gasteiger partial charge in [-0.1, -0.05) is 0 Å². The van der Waals surface area contributed by atoms with Gasteiger partial charge in [0, 0.05) is 4.87 Å². The minimum absolute atomic E-state index is 0.0553. The second kappa shape index (κ2) is 2.81. The summed E-state index contributed by atoms with van der Waals surface area (Å²) in [5.41, 5.74) is 0.0909. The highest BCUT2D eigenvalue weighted by atomic mass is 35.5. The summed E-state index contributed by atoms with van der Waals surface area (Å²) in [5.74, 6) is 1.61. The fourth-order valence-electron chi connectivity index (χ4n) is 4.33. The molecule has 0 spiro atoms. The average Bonchev–Trinajstić information content (AvgIpc) is 1.97. The molecule has 2 atom stereocenters. The Balaban J connectivity index is 2.00. The van der Waals surface area contributed by atoms with E-state index >= 15 is 0 Å². The minimum Gasteiger partial charge on any atom is -0.226 e. The molecule has 0 aromatic rings. The minimum atomic E-state index is 0.0553. The van der Waals surface area contributed by atoms with E-state index in [0.717, 1.165) is 18.3 Å². The van der Waals surface area contributed by atoms with Gasteiger partial charge in [0.1, 0.15) is 0 Å². The Labute approximate surface area is 94.9 Å². The number of halogens is 1. The van der Waals surface area contributed by atoms with Crippen molar-refractivity contribution in [3.63, 3.8) is 0 Å². The zero-order chi connectivity index (χ0) is 9.81. The third kappa shape index (κ3) is 1.28. The van der Waals surface area contributed by atoms with Crippen LogP contribution >= 0.6 is 23.8 Å². The quantitative estimate of drug-likeness (QED) is 0.380. The van der Waals surface area contributed by atoms with Crippen LogP contribution in [-0.2, 0) is 0 Å². The number of hydrogen-bond donors (Lipinski definition) is 0. The number of hydrogen-bond acceptors (Lipinski definition) is 2. The molecule has 0 aliphatic heterocycles. The van der Waals surface area contributed by atoms with E-state index in [1.807, 2.05) is 0 Å². The Morgan fingerprint density at radius 2 is 1.86 bits per heavy atom. The van der Waals surface area contributed by atoms with E-state index in [4.69, 9.17) is 23.8 Å². The van der Waals surface area contributed by atoms with Crippen molar-refractivity contribution in [2.45, 2.75) is 48.9 Å². The monoisotopic (exact) mass is 227 g/mol. The van der Waals surface area contributed by atoms with E-state index in [-0.39, 0.29) is 10.4 Å². The molecule has 0 amide bonds. The van der Waals surface area contributed by atoms with E-state index in [1.165, 1.54) is 32.1 Å². The first kappa shape index (κ1) is 9.33. The van der Waals surface area contributed by atoms with Gasteiger partial charge in [0.25, 0.3) is 0 Å². The maximum atomic E-state index is 6.63. The summed E-state index contributed by atoms with van der Waals surface area (Å²) in [7, 11) is 0. The highest BCUT2D eigenvalue weighted by Crippen LogP contribution is 2.61. The zero-order valence-electron chi connectivity index (χ0n) is 8.13. The van der Waals surface area contributed by atoms with Crippen molar-refractivity contribution in [3.05, 3.63) is 0 Å². The molecule has 0 aromatic carbocycles. The zero-order valence-corrected chi connectivity index (χ0v) is 9.70. The fourth-order valence-corrected chi connectivity index (χ4v) is 5.21. The van der Waals surface area contributed by atoms with Crippen LogP contribution in [0.15, 0.2) is 4.99 Å². The Hall–Kier alpha value is 0.0900. The predicted molar refractivity (Wildman–Crippen MR) is 61.0 cm³/mol. The molecule has 1 nitrogen and oxygen atoms in total. The molecular formula is C11H14ClNS. The van der Waals surface area contributed by atoms with Crippen LogP contribution in [0, 0.1) is 11.8 Å². The smallest absolute Gasteiger partial charge is 0.0733 e. The molecule has 2 unspecified atom stereocenters. The van der Waals surface area contributed by atoms with Crippen LogP contribution in [0.5, 0.6) is 0 Å². The van der Waals surface area contributed by atoms with Gasteiger partial charge in [0.2, 0.25) is 0 Å². The molecular weight excluding hydrogens is 214 g/mol. The Bertz CT molecular complexity index is 307. The summed E-state index contributed by atoms with van der Waals surface area (Å²) in [6.45, 7) is 0. The summed E-state index contributed by atoms with van der Waals surface area (Å²) in [5, 5.41) is 2.59. The van der Waals surface area contributed by atoms with Gasteiger partial charge < -0.3 is 0 Å². The first-order valence-corrected chi connectivity index (χ1v) is 6.20. The highest BCUT2D eigenvalue weighted by molar-refractivity contribution is 7.78. The maximum Gasteiger partial charge on any atom is 0.0733 e. The third-order valence-electron chi connectivity index (χ3n) is 4.24. The molecule has 4 aliphatic rings. The second-order valence-corrected chi connectivity index (χ2v) is 6.52. The van der Waals surface area contributed by atoms with Gasteiger partial charge in [-0.15, -0.1) is 11.6 Å². The molecule has 4 saturated carbocycles. The first-order valence-electron chi connectivity index (χ1n) is 5.41. The van der Waals surface area contributed by atoms with E-state index < -0.39 is 0 Å². The molecule has 0 radical (unpaired) electrons. The topological polar surface area (TPSA) is 12.4 Å². The molecule has 76 valence electrons. The molecule has 0 aromatic heterocycles. The molecule has 0 N–H and O–H groups in total. The SMILES string of the molecule is S=C=NC12CC3CC(CC(Cl)(C3)C1)C2. The lowest BCUT2D eigenvalue weighted by atomic mass is 9.53. The van der Waals surface area contributed by atoms with Gasteiger partial charge >= 0.3 is 0 Å². The molecule has 3 heteroatoms. The Morgan fingerprint density at radius 1 is 1.21 bits per heavy atom. The van der Waals surface area contributed by atoms with Crippen LogP contribution in [0.1, 0.15) is 38.5 Å². The van der Waals surface area contributed by atoms with Crippen molar-refractivity contribution in [2.75, 3.05) is 0 Å². The lowest BCUT2D eigenvalue weighted by molar-refractivity contribution is 0.0163. The third-order valence-corrected chi connectivity index (χ3v) is 4.78. The first-order chi connectivity index (χ1) is 6.63. The van der Waals surface area contributed by atoms with Gasteiger partial charge in [-0.3, -0.25) is 0 Å². The molecule has 4 rings (SSSR count). The van der Waals surface area contributed by atoms with Crippen molar-refractivity contribution < 1.29 is 0 Å². The van der Waals surface area contributed by atoms with E-state index in [0.29, 0.717) is 0 Å². The number of thiocarbonyl (C=S) groups is 1. The number of alkyl halides is 1. The van der Waals surface area contributed by atoms with Crippen LogP contribution in [0.25, 0.3) is 0 Å². The van der Waals surface area contributed by atoms with Crippen LogP contribution in [0.3, 0.4) is 0 Å². The van der Waals surface area contributed by atoms with Gasteiger partial charge in [-0.05, 0) is 62.6 Å². The number of isothiocyanates is 1. The van der Waals surface area contributed by atoms with Gasteiger partial charge in [0.05, 0.1) is 10.7 Å². The lowest BCUT2D eigenvalue weighted by Crippen LogP contribution is -2.55. The number of aliphatic imine (C=N–C) groups is 1. The van der Waals surface area contributed by atoms with E-state index in [2.05, 4.69) is 10.2 Å². The maximum absolute atomic E-state index is 6.63. The molecule has 4 aliphatic carbocycles. The molecule has 0 saturated heterocycles. The van der Waals surface area contributed by atoms with Crippen molar-refractivity contribution in [1.29, 1.82) is 0 Å². The number of nitrogens with zero attached hydrogens (tertiary/aromatic N) is 1. The Morgan fingerprint density at radius 3 is 2.36 bits per heavy atom. The van der Waals surface area contributed by atoms with E-state index in [1.54, 1.807) is 0 Å². The van der Waals surface area contributed by atoms with Gasteiger partial charge in [0.15, 0.2) is 0 Å². The summed E-state index contributed by atoms with van der Waals surface area (Å²) in [4.78, 5) is 4.50. The highest BCUT2D eigenvalue weighted by Gasteiger charge is 2.57. The second-order valence-electron chi connectivity index (χ2n) is 5.54. The van der Waals surface area contributed by atoms with E-state index in [9.17, 15) is 0 Å². The normalized spacial score (nSPS) is 54.4. The largest absolute Gasteiger partial charge is 0.226 e. The van der Waals surface area contributed by atoms with Crippen LogP contribution in [0.2, 0.25) is 0 Å². The summed E-state index contributed by atoms with van der Waals surface area (Å²) in [6.07, 6.45) is 7.25. The van der Waals surface area contributed by atoms with Crippen LogP contribution < -0.4 is 0 Å². The van der Waals surface area contributed by atoms with Crippen molar-refractivity contribution in [1.82, 2.24) is 0 Å². The molecule has 14 heavy (non-hydrogen) atoms. The van der Waals surface area contributed by atoms with Gasteiger partial charge in [-0.25, -0.2) is 4.99 Å². The summed E-state index contributed by atoms with van der Waals surface area (Å²) < 4.78 is 0. The average molecular weight is 228 g/mol. The molecule has 4 fully saturated rings. The van der Waals surface area contributed by atoms with Crippen molar-refractivity contribution >= 4 is 29.0 Å². The fraction of sp³-hybridized carbons (Fsp3) is 0.909. The van der Waals surface area contributed by atoms with Gasteiger partial charge in [-0.2, -0.15) is 0 Å². The Kier molecular flexibility index (Phi) is 1.87. The number of rotatable bonds is 1. The van der Waals surface area contributed by atoms with Crippen molar-refractivity contribution in [3.8, 4) is 0 Å². The lowest BCUT2D eigenvalue weighted by Gasteiger charge is -2.58. The predicted octanol–water partition coefficient (Wildman–Crippen LogP) is 3.42. The molecule has 4 bridgehead atoms.